The van der Waals surface area contributed by atoms with Crippen molar-refractivity contribution >= 4 is 34.5 Å². The van der Waals surface area contributed by atoms with Crippen molar-refractivity contribution in [3.63, 3.8) is 0 Å². The molecule has 0 N–H and O–H groups in total. The first-order valence-corrected chi connectivity index (χ1v) is 6.29. The summed E-state index contributed by atoms with van der Waals surface area (Å²) < 4.78 is 11.6. The molecule has 0 fully saturated rings. The van der Waals surface area contributed by atoms with Gasteiger partial charge in [0.2, 0.25) is 0 Å². The van der Waals surface area contributed by atoms with Gasteiger partial charge in [0.1, 0.15) is 5.60 Å². The van der Waals surface area contributed by atoms with E-state index in [9.17, 15) is 9.59 Å². The summed E-state index contributed by atoms with van der Waals surface area (Å²) in [5.74, 6) is -1.10. The molecule has 0 unspecified atom stereocenters. The number of esters is 2. The van der Waals surface area contributed by atoms with Crippen LogP contribution in [0.5, 0.6) is 0 Å². The topological polar surface area (TPSA) is 70.4 Å². The molecule has 0 saturated heterocycles. The van der Waals surface area contributed by atoms with Crippen LogP contribution in [0.3, 0.4) is 0 Å². The van der Waals surface area contributed by atoms with E-state index in [1.165, 1.54) is 11.8 Å². The number of carbonyl (C=O) groups is 2. The van der Waals surface area contributed by atoms with Crippen molar-refractivity contribution in [1.82, 2.24) is 9.78 Å². The second-order valence-electron chi connectivity index (χ2n) is 4.63. The number of methoxy groups -OCH3 is 1. The van der Waals surface area contributed by atoms with Gasteiger partial charge in [0.05, 0.1) is 10.7 Å². The number of halogens is 1. The lowest BCUT2D eigenvalue weighted by Gasteiger charge is -2.19. The third-order valence-corrected chi connectivity index (χ3v) is 2.98. The van der Waals surface area contributed by atoms with E-state index in [1.807, 2.05) is 22.6 Å². The van der Waals surface area contributed by atoms with E-state index in [0.717, 1.165) is 0 Å². The van der Waals surface area contributed by atoms with E-state index in [2.05, 4.69) is 9.84 Å². The van der Waals surface area contributed by atoms with Gasteiger partial charge in [-0.05, 0) is 43.4 Å². The van der Waals surface area contributed by atoms with Crippen molar-refractivity contribution in [1.29, 1.82) is 0 Å². The predicted molar refractivity (Wildman–Crippen MR) is 72.4 cm³/mol. The highest BCUT2D eigenvalue weighted by Crippen LogP contribution is 2.20. The first kappa shape index (κ1) is 14.9. The molecule has 0 aliphatic carbocycles. The quantitative estimate of drug-likeness (QED) is 0.589. The molecule has 1 heterocycles. The Morgan fingerprint density at radius 3 is 2.28 bits per heavy atom. The van der Waals surface area contributed by atoms with Gasteiger partial charge >= 0.3 is 11.9 Å². The molecule has 1 aromatic heterocycles. The number of aryl methyl sites for hydroxylation is 1. The fourth-order valence-corrected chi connectivity index (χ4v) is 2.17. The maximum Gasteiger partial charge on any atom is 0.359 e. The Hall–Kier alpha value is -1.12. The molecule has 6 nitrogen and oxygen atoms in total. The highest BCUT2D eigenvalue weighted by molar-refractivity contribution is 14.1. The molecular weight excluding hydrogens is 351 g/mol. The molecule has 0 saturated carbocycles. The highest BCUT2D eigenvalue weighted by atomic mass is 127. The average Bonchev–Trinajstić information content (AvgIpc) is 2.50. The lowest BCUT2D eigenvalue weighted by Crippen LogP contribution is -2.25. The third-order valence-electron chi connectivity index (χ3n) is 1.96. The van der Waals surface area contributed by atoms with Crippen LogP contribution in [0.15, 0.2) is 0 Å². The lowest BCUT2D eigenvalue weighted by molar-refractivity contribution is 0.00562. The zero-order chi connectivity index (χ0) is 14.1. The Balaban J connectivity index is 3.15. The Kier molecular flexibility index (Phi) is 4.36. The van der Waals surface area contributed by atoms with Crippen LogP contribution in [0, 0.1) is 3.57 Å². The van der Waals surface area contributed by atoms with E-state index in [4.69, 9.17) is 4.74 Å². The molecule has 0 aromatic carbocycles. The SMILES string of the molecule is COC(=O)c1nn(C)c(C(=O)OC(C)(C)C)c1I. The Morgan fingerprint density at radius 1 is 1.28 bits per heavy atom. The molecule has 0 spiro atoms. The van der Waals surface area contributed by atoms with Gasteiger partial charge < -0.3 is 9.47 Å². The number of rotatable bonds is 2. The summed E-state index contributed by atoms with van der Waals surface area (Å²) in [6.45, 7) is 5.32. The van der Waals surface area contributed by atoms with E-state index in [1.54, 1.807) is 27.8 Å². The van der Waals surface area contributed by atoms with Crippen LogP contribution >= 0.6 is 22.6 Å². The van der Waals surface area contributed by atoms with Crippen LogP contribution in [0.4, 0.5) is 0 Å². The van der Waals surface area contributed by atoms with Gasteiger partial charge in [-0.1, -0.05) is 0 Å². The maximum atomic E-state index is 12.0. The minimum absolute atomic E-state index is 0.112. The third kappa shape index (κ3) is 3.21. The summed E-state index contributed by atoms with van der Waals surface area (Å²) in [4.78, 5) is 23.4. The van der Waals surface area contributed by atoms with Crippen molar-refractivity contribution in [2.45, 2.75) is 26.4 Å². The molecule has 0 radical (unpaired) electrons. The molecule has 0 bridgehead atoms. The summed E-state index contributed by atoms with van der Waals surface area (Å²) in [6.07, 6.45) is 0. The number of carbonyl (C=O) groups excluding carboxylic acids is 2. The summed E-state index contributed by atoms with van der Waals surface area (Å²) in [5, 5.41) is 3.97. The molecule has 18 heavy (non-hydrogen) atoms. The summed E-state index contributed by atoms with van der Waals surface area (Å²) in [6, 6.07) is 0. The molecule has 1 rings (SSSR count). The minimum Gasteiger partial charge on any atom is -0.464 e. The van der Waals surface area contributed by atoms with Gasteiger partial charge in [-0.3, -0.25) is 4.68 Å². The van der Waals surface area contributed by atoms with Crippen molar-refractivity contribution in [2.75, 3.05) is 7.11 Å². The molecule has 0 aliphatic heterocycles. The predicted octanol–water partition coefficient (Wildman–Crippen LogP) is 1.77. The van der Waals surface area contributed by atoms with Crippen LogP contribution in [0.1, 0.15) is 41.7 Å². The van der Waals surface area contributed by atoms with Gasteiger partial charge in [-0.25, -0.2) is 9.59 Å². The van der Waals surface area contributed by atoms with Crippen molar-refractivity contribution in [3.8, 4) is 0 Å². The van der Waals surface area contributed by atoms with E-state index in [-0.39, 0.29) is 11.4 Å². The van der Waals surface area contributed by atoms with Crippen LogP contribution in [-0.4, -0.2) is 34.4 Å². The standard InChI is InChI=1S/C11H15IN2O4/c1-11(2,3)18-10(16)8-6(12)7(9(15)17-5)13-14(8)4/h1-5H3. The Labute approximate surface area is 119 Å². The van der Waals surface area contributed by atoms with E-state index in [0.29, 0.717) is 3.57 Å². The monoisotopic (exact) mass is 366 g/mol. The van der Waals surface area contributed by atoms with Crippen LogP contribution < -0.4 is 0 Å². The van der Waals surface area contributed by atoms with Crippen LogP contribution in [0.25, 0.3) is 0 Å². The van der Waals surface area contributed by atoms with Crippen LogP contribution in [0.2, 0.25) is 0 Å². The first-order chi connectivity index (χ1) is 8.17. The summed E-state index contributed by atoms with van der Waals surface area (Å²) in [5.41, 5.74) is -0.247. The zero-order valence-corrected chi connectivity index (χ0v) is 13.1. The summed E-state index contributed by atoms with van der Waals surface area (Å²) in [7, 11) is 2.84. The van der Waals surface area contributed by atoms with E-state index < -0.39 is 17.5 Å². The second-order valence-corrected chi connectivity index (χ2v) is 5.71. The van der Waals surface area contributed by atoms with Crippen molar-refractivity contribution in [3.05, 3.63) is 15.0 Å². The highest BCUT2D eigenvalue weighted by Gasteiger charge is 2.28. The van der Waals surface area contributed by atoms with Gasteiger partial charge in [0.15, 0.2) is 11.4 Å². The average molecular weight is 366 g/mol. The van der Waals surface area contributed by atoms with Gasteiger partial charge in [-0.2, -0.15) is 5.10 Å². The molecule has 7 heteroatoms. The number of ether oxygens (including phenoxy) is 2. The van der Waals surface area contributed by atoms with Gasteiger partial charge in [0, 0.05) is 7.05 Å². The van der Waals surface area contributed by atoms with Crippen LogP contribution in [-0.2, 0) is 16.5 Å². The lowest BCUT2D eigenvalue weighted by atomic mass is 10.2. The Bertz CT molecular complexity index is 488. The van der Waals surface area contributed by atoms with Crippen molar-refractivity contribution < 1.29 is 19.1 Å². The molecule has 0 amide bonds. The molecule has 0 aliphatic rings. The van der Waals surface area contributed by atoms with Gasteiger partial charge in [-0.15, -0.1) is 0 Å². The molecular formula is C11H15IN2O4. The van der Waals surface area contributed by atoms with E-state index >= 15 is 0 Å². The normalized spacial score (nSPS) is 11.2. The molecule has 0 atom stereocenters. The fourth-order valence-electron chi connectivity index (χ4n) is 1.27. The van der Waals surface area contributed by atoms with Gasteiger partial charge in [0.25, 0.3) is 0 Å². The fraction of sp³-hybridized carbons (Fsp3) is 0.545. The minimum atomic E-state index is -0.601. The first-order valence-electron chi connectivity index (χ1n) is 5.21. The summed E-state index contributed by atoms with van der Waals surface area (Å²) >= 11 is 1.88. The molecule has 1 aromatic rings. The number of aromatic nitrogens is 2. The second kappa shape index (κ2) is 5.25. The smallest absolute Gasteiger partial charge is 0.359 e. The largest absolute Gasteiger partial charge is 0.464 e. The Morgan fingerprint density at radius 2 is 1.83 bits per heavy atom. The zero-order valence-electron chi connectivity index (χ0n) is 10.9. The molecule has 100 valence electrons. The number of hydrogen-bond donors (Lipinski definition) is 0. The van der Waals surface area contributed by atoms with Crippen molar-refractivity contribution in [2.24, 2.45) is 7.05 Å². The number of nitrogens with zero attached hydrogens (tertiary/aromatic N) is 2. The maximum absolute atomic E-state index is 12.0. The number of hydrogen-bond acceptors (Lipinski definition) is 5.